The SMILES string of the molecule is CCOc1ccc(CNC(=O)CCCc2nc(C(C)(C)C)no2)cc1OC. The molecule has 1 aromatic heterocycles. The normalized spacial score (nSPS) is 11.3. The molecule has 0 aliphatic rings. The maximum atomic E-state index is 12.1. The van der Waals surface area contributed by atoms with Crippen molar-refractivity contribution in [3.05, 3.63) is 35.5 Å². The number of hydrogen-bond donors (Lipinski definition) is 1. The fourth-order valence-electron chi connectivity index (χ4n) is 2.45. The second kappa shape index (κ2) is 9.39. The molecule has 2 rings (SSSR count). The Morgan fingerprint density at radius 2 is 2.04 bits per heavy atom. The number of aromatic nitrogens is 2. The number of benzene rings is 1. The van der Waals surface area contributed by atoms with Gasteiger partial charge in [0.1, 0.15) is 0 Å². The molecule has 0 atom stereocenters. The molecular formula is C20H29N3O4. The van der Waals surface area contributed by atoms with Gasteiger partial charge in [-0.05, 0) is 31.0 Å². The molecule has 0 spiro atoms. The summed E-state index contributed by atoms with van der Waals surface area (Å²) in [6, 6.07) is 5.64. The van der Waals surface area contributed by atoms with E-state index in [1.165, 1.54) is 0 Å². The van der Waals surface area contributed by atoms with Crippen LogP contribution in [-0.2, 0) is 23.2 Å². The first-order valence-electron chi connectivity index (χ1n) is 9.23. The summed E-state index contributed by atoms with van der Waals surface area (Å²) in [4.78, 5) is 16.4. The predicted octanol–water partition coefficient (Wildman–Crippen LogP) is 3.41. The van der Waals surface area contributed by atoms with Crippen LogP contribution in [0.15, 0.2) is 22.7 Å². The van der Waals surface area contributed by atoms with E-state index in [0.29, 0.717) is 55.6 Å². The van der Waals surface area contributed by atoms with E-state index in [2.05, 4.69) is 15.5 Å². The van der Waals surface area contributed by atoms with Gasteiger partial charge in [-0.1, -0.05) is 32.0 Å². The van der Waals surface area contributed by atoms with Crippen molar-refractivity contribution in [2.45, 2.75) is 58.9 Å². The van der Waals surface area contributed by atoms with E-state index in [4.69, 9.17) is 14.0 Å². The Morgan fingerprint density at radius 1 is 1.26 bits per heavy atom. The zero-order valence-electron chi connectivity index (χ0n) is 16.8. The van der Waals surface area contributed by atoms with E-state index in [1.54, 1.807) is 7.11 Å². The number of aryl methyl sites for hydroxylation is 1. The first-order chi connectivity index (χ1) is 12.8. The number of rotatable bonds is 9. The van der Waals surface area contributed by atoms with Crippen molar-refractivity contribution in [1.29, 1.82) is 0 Å². The van der Waals surface area contributed by atoms with Gasteiger partial charge < -0.3 is 19.3 Å². The predicted molar refractivity (Wildman–Crippen MR) is 102 cm³/mol. The van der Waals surface area contributed by atoms with Crippen LogP contribution in [0.3, 0.4) is 0 Å². The average Bonchev–Trinajstić information content (AvgIpc) is 3.10. The van der Waals surface area contributed by atoms with Gasteiger partial charge in [-0.3, -0.25) is 4.79 Å². The van der Waals surface area contributed by atoms with Crippen LogP contribution in [-0.4, -0.2) is 29.8 Å². The van der Waals surface area contributed by atoms with Crippen molar-refractivity contribution >= 4 is 5.91 Å². The van der Waals surface area contributed by atoms with E-state index in [9.17, 15) is 4.79 Å². The number of nitrogens with zero attached hydrogens (tertiary/aromatic N) is 2. The van der Waals surface area contributed by atoms with Gasteiger partial charge in [0.2, 0.25) is 11.8 Å². The summed E-state index contributed by atoms with van der Waals surface area (Å²) in [6.07, 6.45) is 1.65. The Morgan fingerprint density at radius 3 is 2.67 bits per heavy atom. The van der Waals surface area contributed by atoms with Gasteiger partial charge in [0.15, 0.2) is 17.3 Å². The molecule has 2 aromatic rings. The van der Waals surface area contributed by atoms with Crippen LogP contribution in [0.1, 0.15) is 57.8 Å². The van der Waals surface area contributed by atoms with Crippen LogP contribution in [0.4, 0.5) is 0 Å². The lowest BCUT2D eigenvalue weighted by Gasteiger charge is -2.11. The number of methoxy groups -OCH3 is 1. The summed E-state index contributed by atoms with van der Waals surface area (Å²) in [5, 5.41) is 6.90. The van der Waals surface area contributed by atoms with Crippen molar-refractivity contribution in [2.24, 2.45) is 0 Å². The maximum absolute atomic E-state index is 12.1. The highest BCUT2D eigenvalue weighted by molar-refractivity contribution is 5.75. The molecule has 27 heavy (non-hydrogen) atoms. The fraction of sp³-hybridized carbons (Fsp3) is 0.550. The zero-order valence-corrected chi connectivity index (χ0v) is 16.8. The Balaban J connectivity index is 1.77. The van der Waals surface area contributed by atoms with Crippen LogP contribution in [0.5, 0.6) is 11.5 Å². The molecule has 0 bridgehead atoms. The van der Waals surface area contributed by atoms with Gasteiger partial charge in [-0.2, -0.15) is 4.98 Å². The fourth-order valence-corrected chi connectivity index (χ4v) is 2.45. The Hall–Kier alpha value is -2.57. The molecule has 148 valence electrons. The molecule has 7 heteroatoms. The second-order valence-electron chi connectivity index (χ2n) is 7.31. The first kappa shape index (κ1) is 20.7. The van der Waals surface area contributed by atoms with Crippen molar-refractivity contribution in [1.82, 2.24) is 15.5 Å². The van der Waals surface area contributed by atoms with Crippen molar-refractivity contribution in [2.75, 3.05) is 13.7 Å². The summed E-state index contributed by atoms with van der Waals surface area (Å²) in [7, 11) is 1.60. The van der Waals surface area contributed by atoms with Gasteiger partial charge in [0.05, 0.1) is 13.7 Å². The lowest BCUT2D eigenvalue weighted by Crippen LogP contribution is -2.22. The highest BCUT2D eigenvalue weighted by Gasteiger charge is 2.20. The van der Waals surface area contributed by atoms with Gasteiger partial charge in [-0.15, -0.1) is 0 Å². The third-order valence-corrected chi connectivity index (χ3v) is 3.95. The molecule has 0 aliphatic heterocycles. The van der Waals surface area contributed by atoms with Gasteiger partial charge in [-0.25, -0.2) is 0 Å². The molecule has 0 unspecified atom stereocenters. The maximum Gasteiger partial charge on any atom is 0.226 e. The van der Waals surface area contributed by atoms with Crippen molar-refractivity contribution in [3.8, 4) is 11.5 Å². The molecule has 1 heterocycles. The van der Waals surface area contributed by atoms with Gasteiger partial charge in [0, 0.05) is 24.8 Å². The number of ether oxygens (including phenoxy) is 2. The summed E-state index contributed by atoms with van der Waals surface area (Å²) < 4.78 is 16.1. The standard InChI is InChI=1S/C20H29N3O4/c1-6-26-15-11-10-14(12-16(15)25-5)13-21-17(24)8-7-9-18-22-19(23-27-18)20(2,3)4/h10-12H,6-9,13H2,1-5H3,(H,21,24). The topological polar surface area (TPSA) is 86.5 Å². The molecule has 0 saturated heterocycles. The summed E-state index contributed by atoms with van der Waals surface area (Å²) in [5.74, 6) is 2.60. The average molecular weight is 375 g/mol. The van der Waals surface area contributed by atoms with Crippen LogP contribution < -0.4 is 14.8 Å². The highest BCUT2D eigenvalue weighted by Crippen LogP contribution is 2.28. The molecule has 1 N–H and O–H groups in total. The lowest BCUT2D eigenvalue weighted by atomic mass is 9.96. The molecule has 0 saturated carbocycles. The minimum atomic E-state index is -0.141. The van der Waals surface area contributed by atoms with Gasteiger partial charge in [0.25, 0.3) is 0 Å². The van der Waals surface area contributed by atoms with E-state index >= 15 is 0 Å². The molecule has 7 nitrogen and oxygen atoms in total. The number of hydrogen-bond acceptors (Lipinski definition) is 6. The molecule has 1 amide bonds. The largest absolute Gasteiger partial charge is 0.493 e. The molecule has 0 radical (unpaired) electrons. The monoisotopic (exact) mass is 375 g/mol. The van der Waals surface area contributed by atoms with E-state index in [-0.39, 0.29) is 11.3 Å². The molecule has 0 fully saturated rings. The highest BCUT2D eigenvalue weighted by atomic mass is 16.5. The quantitative estimate of drug-likeness (QED) is 0.723. The first-order valence-corrected chi connectivity index (χ1v) is 9.23. The van der Waals surface area contributed by atoms with E-state index in [0.717, 1.165) is 5.56 Å². The van der Waals surface area contributed by atoms with E-state index < -0.39 is 0 Å². The van der Waals surface area contributed by atoms with Crippen LogP contribution in [0.25, 0.3) is 0 Å². The van der Waals surface area contributed by atoms with Crippen LogP contribution in [0, 0.1) is 0 Å². The Bertz CT molecular complexity index is 750. The minimum Gasteiger partial charge on any atom is -0.493 e. The van der Waals surface area contributed by atoms with E-state index in [1.807, 2.05) is 45.9 Å². The number of amides is 1. The Kier molecular flexibility index (Phi) is 7.21. The van der Waals surface area contributed by atoms with Gasteiger partial charge >= 0.3 is 0 Å². The summed E-state index contributed by atoms with van der Waals surface area (Å²) in [6.45, 7) is 9.03. The summed E-state index contributed by atoms with van der Waals surface area (Å²) in [5.41, 5.74) is 0.813. The number of carbonyl (C=O) groups excluding carboxylic acids is 1. The smallest absolute Gasteiger partial charge is 0.226 e. The summed E-state index contributed by atoms with van der Waals surface area (Å²) >= 11 is 0. The molecule has 1 aromatic carbocycles. The number of carbonyl (C=O) groups is 1. The van der Waals surface area contributed by atoms with Crippen molar-refractivity contribution in [3.63, 3.8) is 0 Å². The third kappa shape index (κ3) is 6.27. The second-order valence-corrected chi connectivity index (χ2v) is 7.31. The lowest BCUT2D eigenvalue weighted by molar-refractivity contribution is -0.121. The van der Waals surface area contributed by atoms with Crippen molar-refractivity contribution < 1.29 is 18.8 Å². The third-order valence-electron chi connectivity index (χ3n) is 3.95. The minimum absolute atomic E-state index is 0.0154. The van der Waals surface area contributed by atoms with Crippen LogP contribution in [0.2, 0.25) is 0 Å². The molecule has 0 aliphatic carbocycles. The van der Waals surface area contributed by atoms with Crippen LogP contribution >= 0.6 is 0 Å². The Labute approximate surface area is 160 Å². The zero-order chi connectivity index (χ0) is 19.9. The number of nitrogens with one attached hydrogen (secondary N) is 1. The molecular weight excluding hydrogens is 346 g/mol.